The molecule has 0 spiro atoms. The third-order valence-electron chi connectivity index (χ3n) is 10.8. The quantitative estimate of drug-likeness (QED) is 0.0427. The molecule has 0 aliphatic rings. The fourth-order valence-electron chi connectivity index (χ4n) is 5.50. The molecule has 0 saturated carbocycles. The minimum absolute atomic E-state index is 0. The van der Waals surface area contributed by atoms with Gasteiger partial charge in [0.25, 0.3) is 0 Å². The maximum absolute atomic E-state index is 8.75. The van der Waals surface area contributed by atoms with E-state index in [-0.39, 0.29) is 21.1 Å². The molecule has 0 aromatic heterocycles. The molecule has 0 aromatic carbocycles. The van der Waals surface area contributed by atoms with Crippen molar-refractivity contribution in [1.82, 2.24) is 0 Å². The van der Waals surface area contributed by atoms with Gasteiger partial charge in [-0.05, 0) is 74.0 Å². The molecule has 0 amide bonds. The third kappa shape index (κ3) is 63.8. The zero-order valence-corrected chi connectivity index (χ0v) is 42.7. The van der Waals surface area contributed by atoms with Crippen LogP contribution < -0.4 is 0 Å². The van der Waals surface area contributed by atoms with E-state index in [1.165, 1.54) is 116 Å². The second-order valence-corrected chi connectivity index (χ2v) is 15.6. The van der Waals surface area contributed by atoms with Crippen LogP contribution in [0.2, 0.25) is 0 Å². The van der Waals surface area contributed by atoms with Gasteiger partial charge in [0.15, 0.2) is 0 Å². The van der Waals surface area contributed by atoms with Crippen molar-refractivity contribution < 1.29 is 51.7 Å². The van der Waals surface area contributed by atoms with E-state index in [0.29, 0.717) is 75.1 Å². The van der Waals surface area contributed by atoms with Crippen LogP contribution >= 0.6 is 0 Å². The first-order chi connectivity index (χ1) is 26.1. The molecule has 0 fully saturated rings. The fourth-order valence-corrected chi connectivity index (χ4v) is 5.50. The first-order valence-corrected chi connectivity index (χ1v) is 23.7. The minimum Gasteiger partial charge on any atom is -0.396 e. The van der Waals surface area contributed by atoms with Gasteiger partial charge in [0.2, 0.25) is 0 Å². The Kier molecular flexibility index (Phi) is 84.4. The molecule has 0 aromatic rings. The van der Waals surface area contributed by atoms with Gasteiger partial charge in [-0.25, -0.2) is 0 Å². The average molecular weight is 965 g/mol. The van der Waals surface area contributed by atoms with E-state index in [1.807, 2.05) is 0 Å². The Morgan fingerprint density at radius 2 is 0.345 bits per heavy atom. The van der Waals surface area contributed by atoms with E-state index >= 15 is 0 Å². The van der Waals surface area contributed by atoms with E-state index in [9.17, 15) is 0 Å². The summed E-state index contributed by atoms with van der Waals surface area (Å²) < 4.78 is 0. The monoisotopic (exact) mass is 965 g/mol. The Balaban J connectivity index is -0.000000100. The predicted molar refractivity (Wildman–Crippen MR) is 242 cm³/mol. The first-order valence-electron chi connectivity index (χ1n) is 23.7. The molecule has 55 heavy (non-hydrogen) atoms. The van der Waals surface area contributed by atoms with Gasteiger partial charge >= 0.3 is 0 Å². The van der Waals surface area contributed by atoms with Gasteiger partial charge in [0.1, 0.15) is 0 Å². The zero-order valence-electron chi connectivity index (χ0n) is 39.8. The summed E-state index contributed by atoms with van der Waals surface area (Å²) in [6.07, 6.45) is 29.0. The smallest absolute Gasteiger partial charge is 0.0459 e. The molecule has 0 bridgehead atoms. The summed E-state index contributed by atoms with van der Waals surface area (Å²) in [5.41, 5.74) is 0. The van der Waals surface area contributed by atoms with Crippen molar-refractivity contribution in [3.63, 3.8) is 0 Å². The van der Waals surface area contributed by atoms with Crippen LogP contribution in [0.5, 0.6) is 0 Å². The third-order valence-corrected chi connectivity index (χ3v) is 10.8. The molecule has 0 saturated heterocycles. The Hall–Kier alpha value is 0.448. The van der Waals surface area contributed by atoms with Gasteiger partial charge in [0.05, 0.1) is 0 Å². The summed E-state index contributed by atoms with van der Waals surface area (Å²) in [5, 5.41) is 52.5. The van der Waals surface area contributed by atoms with Gasteiger partial charge in [0, 0.05) is 60.7 Å². The molecule has 6 N–H and O–H groups in total. The van der Waals surface area contributed by atoms with Crippen LogP contribution in [-0.4, -0.2) is 70.3 Å². The van der Waals surface area contributed by atoms with Crippen molar-refractivity contribution in [1.29, 1.82) is 0 Å². The van der Waals surface area contributed by atoms with Crippen LogP contribution in [0, 0.1) is 35.5 Å². The second-order valence-electron chi connectivity index (χ2n) is 15.6. The minimum atomic E-state index is 0. The zero-order chi connectivity index (χ0) is 42.7. The number of rotatable bonds is 30. The molecule has 0 rings (SSSR count). The number of aliphatic hydroxyl groups is 6. The molecule has 7 heteroatoms. The second kappa shape index (κ2) is 66.3. The SMILES string of the molecule is CCCCC(CC)CO.CCCCC(CC)CO.CCCCC(CC)CO.CCCCC(CC)CO.CCCCC(CC)CO.CCCCC(CC)CO.[W]. The van der Waals surface area contributed by atoms with Gasteiger partial charge in [-0.1, -0.05) is 199 Å². The average Bonchev–Trinajstić information content (AvgIpc) is 3.21. The number of unbranched alkanes of at least 4 members (excludes halogenated alkanes) is 6. The van der Waals surface area contributed by atoms with E-state index in [4.69, 9.17) is 30.6 Å². The summed E-state index contributed by atoms with van der Waals surface area (Å²) in [7, 11) is 0. The van der Waals surface area contributed by atoms with Crippen molar-refractivity contribution in [3.8, 4) is 0 Å². The molecule has 342 valence electrons. The summed E-state index contributed by atoms with van der Waals surface area (Å²) in [6.45, 7) is 28.1. The molecule has 0 aliphatic carbocycles. The van der Waals surface area contributed by atoms with E-state index < -0.39 is 0 Å². The largest absolute Gasteiger partial charge is 0.396 e. The van der Waals surface area contributed by atoms with Gasteiger partial charge in [-0.3, -0.25) is 0 Å². The van der Waals surface area contributed by atoms with Gasteiger partial charge < -0.3 is 30.6 Å². The summed E-state index contributed by atoms with van der Waals surface area (Å²) in [4.78, 5) is 0. The Labute approximate surface area is 362 Å². The van der Waals surface area contributed by atoms with Crippen molar-refractivity contribution >= 4 is 0 Å². The molecule has 6 atom stereocenters. The summed E-state index contributed by atoms with van der Waals surface area (Å²) >= 11 is 0. The Morgan fingerprint density at radius 3 is 0.400 bits per heavy atom. The first kappa shape index (κ1) is 70.0. The molecular formula is C48H108O6W. The molecule has 0 radical (unpaired) electrons. The standard InChI is InChI=1S/6C8H18O.W/c6*1-3-5-6-8(4-2)7-9;/h6*8-9H,3-7H2,1-2H3;. The predicted octanol–water partition coefficient (Wildman–Crippen LogP) is 13.2. The Morgan fingerprint density at radius 1 is 0.236 bits per heavy atom. The maximum Gasteiger partial charge on any atom is 0.0459 e. The molecular weight excluding hydrogens is 856 g/mol. The molecule has 6 unspecified atom stereocenters. The van der Waals surface area contributed by atoms with Gasteiger partial charge in [-0.15, -0.1) is 0 Å². The fraction of sp³-hybridized carbons (Fsp3) is 1.00. The van der Waals surface area contributed by atoms with Crippen LogP contribution in [0.25, 0.3) is 0 Å². The molecule has 0 aliphatic heterocycles. The van der Waals surface area contributed by atoms with Crippen LogP contribution in [0.15, 0.2) is 0 Å². The summed E-state index contributed by atoms with van der Waals surface area (Å²) in [5.74, 6) is 3.36. The van der Waals surface area contributed by atoms with Crippen molar-refractivity contribution in [2.45, 2.75) is 237 Å². The van der Waals surface area contributed by atoms with Crippen molar-refractivity contribution in [2.75, 3.05) is 39.6 Å². The number of hydrogen-bond donors (Lipinski definition) is 6. The van der Waals surface area contributed by atoms with E-state index in [1.54, 1.807) is 0 Å². The van der Waals surface area contributed by atoms with Crippen LogP contribution in [0.3, 0.4) is 0 Å². The van der Waals surface area contributed by atoms with Crippen molar-refractivity contribution in [2.24, 2.45) is 35.5 Å². The topological polar surface area (TPSA) is 121 Å². The van der Waals surface area contributed by atoms with E-state index in [2.05, 4.69) is 83.1 Å². The molecule has 0 heterocycles. The normalized spacial score (nSPS) is 13.4. The molecule has 6 nitrogen and oxygen atoms in total. The number of aliphatic hydroxyl groups excluding tert-OH is 6. The number of hydrogen-bond acceptors (Lipinski definition) is 6. The van der Waals surface area contributed by atoms with Crippen LogP contribution in [0.4, 0.5) is 0 Å². The van der Waals surface area contributed by atoms with Gasteiger partial charge in [-0.2, -0.15) is 0 Å². The van der Waals surface area contributed by atoms with E-state index in [0.717, 1.165) is 38.5 Å². The summed E-state index contributed by atoms with van der Waals surface area (Å²) in [6, 6.07) is 0. The maximum atomic E-state index is 8.75. The Bertz CT molecular complexity index is 422. The van der Waals surface area contributed by atoms with Crippen LogP contribution in [-0.2, 0) is 21.1 Å². The van der Waals surface area contributed by atoms with Crippen molar-refractivity contribution in [3.05, 3.63) is 0 Å². The van der Waals surface area contributed by atoms with Crippen LogP contribution in [0.1, 0.15) is 237 Å².